The van der Waals surface area contributed by atoms with Gasteiger partial charge >= 0.3 is 0 Å². The maximum absolute atomic E-state index is 6.56. The van der Waals surface area contributed by atoms with E-state index in [9.17, 15) is 0 Å². The van der Waals surface area contributed by atoms with Gasteiger partial charge in [-0.15, -0.1) is 0 Å². The van der Waals surface area contributed by atoms with Gasteiger partial charge in [-0.3, -0.25) is 4.98 Å². The second kappa shape index (κ2) is 9.36. The first-order valence-corrected chi connectivity index (χ1v) is 11.7. The maximum Gasteiger partial charge on any atom is 0.149 e. The van der Waals surface area contributed by atoms with Crippen molar-refractivity contribution in [1.82, 2.24) is 19.9 Å². The lowest BCUT2D eigenvalue weighted by Gasteiger charge is -2.33. The van der Waals surface area contributed by atoms with Gasteiger partial charge in [0.15, 0.2) is 0 Å². The van der Waals surface area contributed by atoms with Crippen LogP contribution >= 0.6 is 0 Å². The first-order valence-electron chi connectivity index (χ1n) is 11.7. The van der Waals surface area contributed by atoms with Crippen LogP contribution in [-0.2, 0) is 11.2 Å². The zero-order valence-corrected chi connectivity index (χ0v) is 18.9. The van der Waals surface area contributed by atoms with Gasteiger partial charge in [0.1, 0.15) is 17.1 Å². The van der Waals surface area contributed by atoms with E-state index in [1.165, 1.54) is 0 Å². The van der Waals surface area contributed by atoms with Crippen molar-refractivity contribution in [2.75, 3.05) is 24.6 Å². The molecule has 7 heteroatoms. The molecule has 3 aromatic rings. The Balaban J connectivity index is 1.28. The van der Waals surface area contributed by atoms with Crippen LogP contribution in [0.15, 0.2) is 36.8 Å². The van der Waals surface area contributed by atoms with Gasteiger partial charge in [0.05, 0.1) is 24.3 Å². The SMILES string of the molecule is Cc1nccc(CC2CCC(Oc3cc(N4CCO[C@H](C)C4)cc4nccnc34)CC2)n1. The third-order valence-electron chi connectivity index (χ3n) is 6.55. The number of fused-ring (bicyclic) bond motifs is 1. The van der Waals surface area contributed by atoms with E-state index in [2.05, 4.69) is 43.9 Å². The second-order valence-electron chi connectivity index (χ2n) is 9.06. The summed E-state index contributed by atoms with van der Waals surface area (Å²) in [5.74, 6) is 2.35. The number of ether oxygens (including phenoxy) is 2. The minimum Gasteiger partial charge on any atom is -0.488 e. The highest BCUT2D eigenvalue weighted by Crippen LogP contribution is 2.34. The summed E-state index contributed by atoms with van der Waals surface area (Å²) >= 11 is 0. The largest absolute Gasteiger partial charge is 0.488 e. The Kier molecular flexibility index (Phi) is 6.17. The molecule has 2 aromatic heterocycles. The summed E-state index contributed by atoms with van der Waals surface area (Å²) in [6, 6.07) is 6.30. The average molecular weight is 434 g/mol. The first kappa shape index (κ1) is 21.1. The van der Waals surface area contributed by atoms with Crippen LogP contribution in [0.1, 0.15) is 44.1 Å². The van der Waals surface area contributed by atoms with Gasteiger partial charge in [0.2, 0.25) is 0 Å². The summed E-state index contributed by atoms with van der Waals surface area (Å²) in [7, 11) is 0. The molecule has 0 radical (unpaired) electrons. The predicted octanol–water partition coefficient (Wildman–Crippen LogP) is 4.13. The van der Waals surface area contributed by atoms with Gasteiger partial charge in [-0.05, 0) is 64.0 Å². The van der Waals surface area contributed by atoms with Crippen molar-refractivity contribution >= 4 is 16.7 Å². The molecule has 1 saturated carbocycles. The van der Waals surface area contributed by atoms with E-state index in [-0.39, 0.29) is 12.2 Å². The van der Waals surface area contributed by atoms with E-state index in [4.69, 9.17) is 9.47 Å². The first-order chi connectivity index (χ1) is 15.6. The normalized spacial score (nSPS) is 23.9. The molecule has 0 N–H and O–H groups in total. The molecule has 3 heterocycles. The van der Waals surface area contributed by atoms with E-state index < -0.39 is 0 Å². The minimum atomic E-state index is 0.211. The fourth-order valence-electron chi connectivity index (χ4n) is 4.90. The van der Waals surface area contributed by atoms with Gasteiger partial charge < -0.3 is 14.4 Å². The predicted molar refractivity (Wildman–Crippen MR) is 124 cm³/mol. The summed E-state index contributed by atoms with van der Waals surface area (Å²) in [4.78, 5) is 20.3. The highest BCUT2D eigenvalue weighted by Gasteiger charge is 2.25. The zero-order valence-electron chi connectivity index (χ0n) is 18.9. The molecular formula is C25H31N5O2. The van der Waals surface area contributed by atoms with E-state index >= 15 is 0 Å². The molecule has 5 rings (SSSR count). The van der Waals surface area contributed by atoms with Gasteiger partial charge in [0.25, 0.3) is 0 Å². The smallest absolute Gasteiger partial charge is 0.149 e. The number of rotatable bonds is 5. The molecule has 2 fully saturated rings. The Morgan fingerprint density at radius 1 is 1.06 bits per heavy atom. The molecular weight excluding hydrogens is 402 g/mol. The monoisotopic (exact) mass is 433 g/mol. The molecule has 0 bridgehead atoms. The van der Waals surface area contributed by atoms with E-state index in [1.54, 1.807) is 12.4 Å². The quantitative estimate of drug-likeness (QED) is 0.599. The molecule has 0 unspecified atom stereocenters. The van der Waals surface area contributed by atoms with Crippen LogP contribution in [0.5, 0.6) is 5.75 Å². The molecule has 1 aliphatic carbocycles. The Morgan fingerprint density at radius 3 is 2.72 bits per heavy atom. The summed E-state index contributed by atoms with van der Waals surface area (Å²) in [5.41, 5.74) is 4.01. The standard InChI is InChI=1S/C25H31N5O2/c1-17-16-30(11-12-31-17)21-14-23-25(28-10-9-27-23)24(15-21)32-22-5-3-19(4-6-22)13-20-7-8-26-18(2)29-20/h7-10,14-15,17,19,22H,3-6,11-13,16H2,1-2H3/t17-,19?,22?/m1/s1. The maximum atomic E-state index is 6.56. The summed E-state index contributed by atoms with van der Waals surface area (Å²) in [6.45, 7) is 6.56. The van der Waals surface area contributed by atoms with Crippen molar-refractivity contribution in [2.24, 2.45) is 5.92 Å². The number of nitrogens with zero attached hydrogens (tertiary/aromatic N) is 5. The fraction of sp³-hybridized carbons (Fsp3) is 0.520. The second-order valence-corrected chi connectivity index (χ2v) is 9.06. The van der Waals surface area contributed by atoms with E-state index in [0.29, 0.717) is 5.92 Å². The minimum absolute atomic E-state index is 0.211. The van der Waals surface area contributed by atoms with Gasteiger partial charge in [0, 0.05) is 49.1 Å². The molecule has 7 nitrogen and oxygen atoms in total. The van der Waals surface area contributed by atoms with Crippen molar-refractivity contribution in [3.05, 3.63) is 48.3 Å². The number of hydrogen-bond donors (Lipinski definition) is 0. The molecule has 1 aliphatic heterocycles. The summed E-state index contributed by atoms with van der Waals surface area (Å²) in [5, 5.41) is 0. The number of morpholine rings is 1. The van der Waals surface area contributed by atoms with Crippen molar-refractivity contribution in [2.45, 2.75) is 58.2 Å². The number of aryl methyl sites for hydroxylation is 1. The van der Waals surface area contributed by atoms with E-state index in [0.717, 1.165) is 85.8 Å². The number of anilines is 1. The highest BCUT2D eigenvalue weighted by atomic mass is 16.5. The molecule has 0 spiro atoms. The van der Waals surface area contributed by atoms with Crippen molar-refractivity contribution < 1.29 is 9.47 Å². The van der Waals surface area contributed by atoms with Crippen LogP contribution in [0, 0.1) is 12.8 Å². The molecule has 1 aromatic carbocycles. The average Bonchev–Trinajstić information content (AvgIpc) is 2.80. The van der Waals surface area contributed by atoms with Crippen LogP contribution in [-0.4, -0.2) is 51.8 Å². The zero-order chi connectivity index (χ0) is 21.9. The van der Waals surface area contributed by atoms with Crippen molar-refractivity contribution in [3.63, 3.8) is 0 Å². The van der Waals surface area contributed by atoms with Gasteiger partial charge in [-0.2, -0.15) is 0 Å². The Bertz CT molecular complexity index is 1070. The van der Waals surface area contributed by atoms with Gasteiger partial charge in [-0.25, -0.2) is 15.0 Å². The molecule has 1 saturated heterocycles. The van der Waals surface area contributed by atoms with Crippen LogP contribution in [0.3, 0.4) is 0 Å². The van der Waals surface area contributed by atoms with Crippen molar-refractivity contribution in [3.8, 4) is 5.75 Å². The Morgan fingerprint density at radius 2 is 1.91 bits per heavy atom. The van der Waals surface area contributed by atoms with Crippen molar-refractivity contribution in [1.29, 1.82) is 0 Å². The number of aromatic nitrogens is 4. The third-order valence-corrected chi connectivity index (χ3v) is 6.55. The molecule has 2 aliphatic rings. The lowest BCUT2D eigenvalue weighted by Crippen LogP contribution is -2.41. The number of benzene rings is 1. The number of hydrogen-bond acceptors (Lipinski definition) is 7. The summed E-state index contributed by atoms with van der Waals surface area (Å²) in [6.07, 6.45) is 11.2. The van der Waals surface area contributed by atoms with Crippen LogP contribution in [0.4, 0.5) is 5.69 Å². The lowest BCUT2D eigenvalue weighted by molar-refractivity contribution is 0.0532. The van der Waals surface area contributed by atoms with Gasteiger partial charge in [-0.1, -0.05) is 0 Å². The molecule has 0 amide bonds. The summed E-state index contributed by atoms with van der Waals surface area (Å²) < 4.78 is 12.3. The third kappa shape index (κ3) is 4.83. The molecule has 1 atom stereocenters. The molecule has 32 heavy (non-hydrogen) atoms. The molecule has 168 valence electrons. The van der Waals surface area contributed by atoms with Crippen LogP contribution in [0.25, 0.3) is 11.0 Å². The van der Waals surface area contributed by atoms with Crippen LogP contribution in [0.2, 0.25) is 0 Å². The highest BCUT2D eigenvalue weighted by molar-refractivity contribution is 5.85. The van der Waals surface area contributed by atoms with E-state index in [1.807, 2.05) is 19.2 Å². The Hall–Kier alpha value is -2.80. The van der Waals surface area contributed by atoms with Crippen LogP contribution < -0.4 is 9.64 Å². The Labute approximate surface area is 189 Å². The fourth-order valence-corrected chi connectivity index (χ4v) is 4.90. The topological polar surface area (TPSA) is 73.3 Å². The lowest BCUT2D eigenvalue weighted by atomic mass is 9.84.